The van der Waals surface area contributed by atoms with Crippen molar-refractivity contribution in [3.8, 4) is 11.1 Å². The maximum Gasteiger partial charge on any atom is 0.407 e. The lowest BCUT2D eigenvalue weighted by Gasteiger charge is -2.21. The third kappa shape index (κ3) is 6.10. The fourth-order valence-corrected chi connectivity index (χ4v) is 3.96. The maximum absolute atomic E-state index is 12.6. The third-order valence-electron chi connectivity index (χ3n) is 5.74. The predicted octanol–water partition coefficient (Wildman–Crippen LogP) is 2.89. The van der Waals surface area contributed by atoms with E-state index in [9.17, 15) is 19.5 Å². The van der Waals surface area contributed by atoms with Crippen molar-refractivity contribution >= 4 is 18.0 Å². The molecule has 1 aliphatic carbocycles. The summed E-state index contributed by atoms with van der Waals surface area (Å²) in [5.74, 6) is -1.80. The summed E-state index contributed by atoms with van der Waals surface area (Å²) in [5, 5.41) is 23.1. The number of aliphatic hydroxyl groups excluding tert-OH is 1. The molecule has 4 N–H and O–H groups in total. The van der Waals surface area contributed by atoms with Crippen LogP contribution in [0.4, 0.5) is 4.79 Å². The average Bonchev–Trinajstić information content (AvgIpc) is 3.12. The van der Waals surface area contributed by atoms with Crippen molar-refractivity contribution in [2.75, 3.05) is 13.2 Å². The lowest BCUT2D eigenvalue weighted by Crippen LogP contribution is -2.49. The summed E-state index contributed by atoms with van der Waals surface area (Å²) >= 11 is 0. The van der Waals surface area contributed by atoms with Crippen LogP contribution in [-0.2, 0) is 14.3 Å². The van der Waals surface area contributed by atoms with Gasteiger partial charge in [-0.05, 0) is 41.0 Å². The van der Waals surface area contributed by atoms with E-state index in [2.05, 4.69) is 10.6 Å². The zero-order valence-electron chi connectivity index (χ0n) is 18.8. The molecule has 33 heavy (non-hydrogen) atoms. The van der Waals surface area contributed by atoms with E-state index in [1.807, 2.05) is 62.4 Å². The van der Waals surface area contributed by atoms with Crippen LogP contribution < -0.4 is 10.6 Å². The van der Waals surface area contributed by atoms with E-state index >= 15 is 0 Å². The number of rotatable bonds is 10. The Hall–Kier alpha value is -3.39. The number of carboxylic acids is 1. The van der Waals surface area contributed by atoms with Gasteiger partial charge in [-0.1, -0.05) is 62.4 Å². The molecule has 0 spiro atoms. The molecular formula is C25H30N2O6. The van der Waals surface area contributed by atoms with Crippen LogP contribution >= 0.6 is 0 Å². The average molecular weight is 455 g/mol. The minimum Gasteiger partial charge on any atom is -0.479 e. The molecule has 0 aliphatic heterocycles. The molecule has 2 aromatic carbocycles. The number of nitrogens with one attached hydrogen (secondary N) is 2. The number of carboxylic acid groups (broad SMARTS) is 1. The van der Waals surface area contributed by atoms with Gasteiger partial charge in [-0.2, -0.15) is 0 Å². The summed E-state index contributed by atoms with van der Waals surface area (Å²) in [6.45, 7) is 3.67. The van der Waals surface area contributed by atoms with Crippen LogP contribution in [0.15, 0.2) is 48.5 Å². The molecule has 3 rings (SSSR count). The van der Waals surface area contributed by atoms with Crippen molar-refractivity contribution in [3.63, 3.8) is 0 Å². The van der Waals surface area contributed by atoms with Crippen LogP contribution in [0.1, 0.15) is 43.7 Å². The molecule has 0 saturated carbocycles. The number of hydrogen-bond acceptors (Lipinski definition) is 5. The Morgan fingerprint density at radius 3 is 2.09 bits per heavy atom. The Labute approximate surface area is 193 Å². The van der Waals surface area contributed by atoms with E-state index in [0.29, 0.717) is 18.8 Å². The summed E-state index contributed by atoms with van der Waals surface area (Å²) in [5.41, 5.74) is 4.41. The molecule has 8 heteroatoms. The number of fused-ring (bicyclic) bond motifs is 3. The van der Waals surface area contributed by atoms with Crippen molar-refractivity contribution in [1.82, 2.24) is 10.6 Å². The zero-order chi connectivity index (χ0) is 24.0. The van der Waals surface area contributed by atoms with E-state index in [1.165, 1.54) is 0 Å². The van der Waals surface area contributed by atoms with E-state index in [-0.39, 0.29) is 12.5 Å². The molecule has 0 saturated heterocycles. The van der Waals surface area contributed by atoms with Crippen LogP contribution in [0.3, 0.4) is 0 Å². The highest BCUT2D eigenvalue weighted by Gasteiger charge is 2.30. The lowest BCUT2D eigenvalue weighted by atomic mass is 9.98. The van der Waals surface area contributed by atoms with Gasteiger partial charge in [-0.3, -0.25) is 4.79 Å². The quantitative estimate of drug-likeness (QED) is 0.438. The Kier molecular flexibility index (Phi) is 8.06. The molecule has 2 atom stereocenters. The Bertz CT molecular complexity index is 960. The summed E-state index contributed by atoms with van der Waals surface area (Å²) in [7, 11) is 0. The van der Waals surface area contributed by atoms with Gasteiger partial charge in [0.25, 0.3) is 0 Å². The van der Waals surface area contributed by atoms with E-state index in [0.717, 1.165) is 22.3 Å². The van der Waals surface area contributed by atoms with Crippen molar-refractivity contribution in [1.29, 1.82) is 0 Å². The molecule has 0 radical (unpaired) electrons. The van der Waals surface area contributed by atoms with Gasteiger partial charge in [0.2, 0.25) is 5.91 Å². The normalized spacial score (nSPS) is 14.2. The van der Waals surface area contributed by atoms with Crippen LogP contribution in [0.5, 0.6) is 0 Å². The number of alkyl carbamates (subject to hydrolysis) is 1. The molecule has 0 aromatic heterocycles. The van der Waals surface area contributed by atoms with Gasteiger partial charge in [0, 0.05) is 5.92 Å². The number of benzene rings is 2. The smallest absolute Gasteiger partial charge is 0.407 e. The summed E-state index contributed by atoms with van der Waals surface area (Å²) in [6.07, 6.45) is -1.41. The molecule has 0 bridgehead atoms. The maximum atomic E-state index is 12.6. The molecule has 2 amide bonds. The summed E-state index contributed by atoms with van der Waals surface area (Å²) in [4.78, 5) is 35.9. The number of amides is 2. The van der Waals surface area contributed by atoms with Gasteiger partial charge in [0.1, 0.15) is 12.6 Å². The topological polar surface area (TPSA) is 125 Å². The molecular weight excluding hydrogens is 424 g/mol. The highest BCUT2D eigenvalue weighted by Crippen LogP contribution is 2.44. The van der Waals surface area contributed by atoms with Gasteiger partial charge in [0.05, 0.1) is 6.54 Å². The highest BCUT2D eigenvalue weighted by atomic mass is 16.5. The summed E-state index contributed by atoms with van der Waals surface area (Å²) < 4.78 is 5.52. The fraction of sp³-hybridized carbons (Fsp3) is 0.400. The molecule has 176 valence electrons. The van der Waals surface area contributed by atoms with Gasteiger partial charge in [0.15, 0.2) is 6.10 Å². The van der Waals surface area contributed by atoms with Crippen molar-refractivity contribution in [2.45, 2.75) is 44.8 Å². The standard InChI is InChI=1S/C25H30N2O6/c1-15(2)11-12-21(23(29)26-13-22(28)24(30)31)27-25(32)33-14-20-18-9-5-3-7-16(18)17-8-4-6-10-19(17)20/h3-10,15,20-22,28H,11-14H2,1-2H3,(H,26,29)(H,27,32)(H,30,31)/t21?,22-/m0/s1. The molecule has 2 aromatic rings. The first-order chi connectivity index (χ1) is 15.8. The molecule has 0 heterocycles. The zero-order valence-corrected chi connectivity index (χ0v) is 18.8. The van der Waals surface area contributed by atoms with Crippen molar-refractivity contribution < 1.29 is 29.3 Å². The third-order valence-corrected chi connectivity index (χ3v) is 5.74. The van der Waals surface area contributed by atoms with Gasteiger partial charge < -0.3 is 25.6 Å². The Morgan fingerprint density at radius 1 is 0.970 bits per heavy atom. The summed E-state index contributed by atoms with van der Waals surface area (Å²) in [6, 6.07) is 15.1. The van der Waals surface area contributed by atoms with Gasteiger partial charge in [-0.25, -0.2) is 9.59 Å². The first-order valence-electron chi connectivity index (χ1n) is 11.1. The second kappa shape index (κ2) is 11.0. The lowest BCUT2D eigenvalue weighted by molar-refractivity contribution is -0.146. The van der Waals surface area contributed by atoms with Gasteiger partial charge >= 0.3 is 12.1 Å². The van der Waals surface area contributed by atoms with Crippen LogP contribution in [-0.4, -0.2) is 53.5 Å². The number of hydrogen-bond donors (Lipinski definition) is 4. The Morgan fingerprint density at radius 2 is 1.55 bits per heavy atom. The van der Waals surface area contributed by atoms with Crippen LogP contribution in [0, 0.1) is 5.92 Å². The Balaban J connectivity index is 1.63. The molecule has 8 nitrogen and oxygen atoms in total. The molecule has 0 fully saturated rings. The van der Waals surface area contributed by atoms with E-state index < -0.39 is 36.7 Å². The first kappa shape index (κ1) is 24.3. The van der Waals surface area contributed by atoms with E-state index in [4.69, 9.17) is 9.84 Å². The minimum absolute atomic E-state index is 0.100. The SMILES string of the molecule is CC(C)CCC(NC(=O)OCC1c2ccccc2-c2ccccc21)C(=O)NC[C@H](O)C(=O)O. The number of aliphatic carboxylic acids is 1. The van der Waals surface area contributed by atoms with Crippen LogP contribution in [0.25, 0.3) is 11.1 Å². The predicted molar refractivity (Wildman–Crippen MR) is 123 cm³/mol. The number of carbonyl (C=O) groups excluding carboxylic acids is 2. The fourth-order valence-electron chi connectivity index (χ4n) is 3.96. The second-order valence-electron chi connectivity index (χ2n) is 8.59. The number of carbonyl (C=O) groups is 3. The first-order valence-corrected chi connectivity index (χ1v) is 11.1. The minimum atomic E-state index is -1.71. The van der Waals surface area contributed by atoms with Crippen LogP contribution in [0.2, 0.25) is 0 Å². The van der Waals surface area contributed by atoms with Crippen molar-refractivity contribution in [3.05, 3.63) is 59.7 Å². The largest absolute Gasteiger partial charge is 0.479 e. The van der Waals surface area contributed by atoms with Crippen molar-refractivity contribution in [2.24, 2.45) is 5.92 Å². The van der Waals surface area contributed by atoms with Gasteiger partial charge in [-0.15, -0.1) is 0 Å². The van der Waals surface area contributed by atoms with E-state index in [1.54, 1.807) is 0 Å². The number of ether oxygens (including phenoxy) is 1. The second-order valence-corrected chi connectivity index (χ2v) is 8.59. The number of aliphatic hydroxyl groups is 1. The monoisotopic (exact) mass is 454 g/mol. The highest BCUT2D eigenvalue weighted by molar-refractivity contribution is 5.86. The molecule has 1 aliphatic rings. The molecule has 1 unspecified atom stereocenters.